The lowest BCUT2D eigenvalue weighted by Crippen LogP contribution is -2.24. The highest BCUT2D eigenvalue weighted by Crippen LogP contribution is 2.34. The molecule has 100 valence electrons. The molecule has 0 amide bonds. The predicted octanol–water partition coefficient (Wildman–Crippen LogP) is 4.46. The average molecular weight is 323 g/mol. The van der Waals surface area contributed by atoms with E-state index in [9.17, 15) is 9.50 Å². The molecule has 0 fully saturated rings. The lowest BCUT2D eigenvalue weighted by molar-refractivity contribution is 0.0977. The van der Waals surface area contributed by atoms with Crippen LogP contribution in [0.2, 0.25) is 0 Å². The second-order valence-corrected chi connectivity index (χ2v) is 5.90. The Balaban J connectivity index is 2.61. The quantitative estimate of drug-likeness (QED) is 0.865. The van der Waals surface area contributed by atoms with E-state index in [1.807, 2.05) is 32.0 Å². The average Bonchev–Trinajstić information content (AvgIpc) is 2.31. The molecule has 0 aliphatic heterocycles. The van der Waals surface area contributed by atoms with Crippen molar-refractivity contribution in [3.63, 3.8) is 0 Å². The van der Waals surface area contributed by atoms with Crippen LogP contribution in [0, 0.1) is 19.7 Å². The van der Waals surface area contributed by atoms with E-state index in [1.165, 1.54) is 0 Å². The minimum atomic E-state index is -1.36. The summed E-state index contributed by atoms with van der Waals surface area (Å²) < 4.78 is 14.5. The number of halogens is 2. The molecule has 0 saturated carbocycles. The van der Waals surface area contributed by atoms with Gasteiger partial charge in [0.25, 0.3) is 0 Å². The normalized spacial score (nSPS) is 14.2. The Morgan fingerprint density at radius 2 is 1.68 bits per heavy atom. The lowest BCUT2D eigenvalue weighted by atomic mass is 9.86. The topological polar surface area (TPSA) is 20.2 Å². The summed E-state index contributed by atoms with van der Waals surface area (Å²) in [6, 6.07) is 10.7. The Kier molecular flexibility index (Phi) is 3.79. The number of rotatable bonds is 2. The molecule has 0 aliphatic rings. The van der Waals surface area contributed by atoms with Crippen LogP contribution in [0.5, 0.6) is 0 Å². The molecule has 0 aliphatic carbocycles. The van der Waals surface area contributed by atoms with E-state index < -0.39 is 11.4 Å². The molecule has 3 heteroatoms. The first-order valence-electron chi connectivity index (χ1n) is 6.08. The van der Waals surface area contributed by atoms with E-state index in [2.05, 4.69) is 15.9 Å². The van der Waals surface area contributed by atoms with E-state index in [-0.39, 0.29) is 5.56 Å². The van der Waals surface area contributed by atoms with Crippen molar-refractivity contribution < 1.29 is 9.50 Å². The molecule has 0 bridgehead atoms. The van der Waals surface area contributed by atoms with Crippen LogP contribution in [0.3, 0.4) is 0 Å². The molecule has 19 heavy (non-hydrogen) atoms. The second kappa shape index (κ2) is 5.06. The van der Waals surface area contributed by atoms with Gasteiger partial charge in [0.1, 0.15) is 11.4 Å². The van der Waals surface area contributed by atoms with E-state index >= 15 is 0 Å². The zero-order valence-electron chi connectivity index (χ0n) is 11.2. The second-order valence-electron chi connectivity index (χ2n) is 5.05. The van der Waals surface area contributed by atoms with Gasteiger partial charge in [-0.25, -0.2) is 4.39 Å². The Bertz CT molecular complexity index is 600. The van der Waals surface area contributed by atoms with Crippen molar-refractivity contribution in [1.82, 2.24) is 0 Å². The number of aliphatic hydroxyl groups is 1. The van der Waals surface area contributed by atoms with Crippen LogP contribution >= 0.6 is 15.9 Å². The summed E-state index contributed by atoms with van der Waals surface area (Å²) >= 11 is 3.15. The molecule has 0 heterocycles. The van der Waals surface area contributed by atoms with Crippen LogP contribution in [-0.4, -0.2) is 5.11 Å². The van der Waals surface area contributed by atoms with E-state index in [0.29, 0.717) is 10.0 Å². The highest BCUT2D eigenvalue weighted by atomic mass is 79.9. The summed E-state index contributed by atoms with van der Waals surface area (Å²) in [7, 11) is 0. The molecule has 1 atom stereocenters. The number of hydrogen-bond donors (Lipinski definition) is 1. The third-order valence-electron chi connectivity index (χ3n) is 3.26. The molecule has 1 N–H and O–H groups in total. The van der Waals surface area contributed by atoms with Gasteiger partial charge in [0.15, 0.2) is 0 Å². The fourth-order valence-electron chi connectivity index (χ4n) is 2.29. The Morgan fingerprint density at radius 1 is 1.11 bits per heavy atom. The van der Waals surface area contributed by atoms with Gasteiger partial charge in [-0.3, -0.25) is 0 Å². The fraction of sp³-hybridized carbons (Fsp3) is 0.250. The van der Waals surface area contributed by atoms with Gasteiger partial charge < -0.3 is 5.11 Å². The van der Waals surface area contributed by atoms with Crippen molar-refractivity contribution in [3.8, 4) is 0 Å². The molecule has 1 unspecified atom stereocenters. The first-order chi connectivity index (χ1) is 8.82. The van der Waals surface area contributed by atoms with Gasteiger partial charge in [0.05, 0.1) is 4.47 Å². The zero-order valence-corrected chi connectivity index (χ0v) is 12.8. The van der Waals surface area contributed by atoms with Crippen molar-refractivity contribution in [3.05, 3.63) is 68.9 Å². The van der Waals surface area contributed by atoms with Gasteiger partial charge in [-0.05, 0) is 48.3 Å². The Labute approximate surface area is 121 Å². The van der Waals surface area contributed by atoms with Crippen LogP contribution in [0.4, 0.5) is 4.39 Å². The lowest BCUT2D eigenvalue weighted by Gasteiger charge is -2.26. The number of aryl methyl sites for hydroxylation is 2. The smallest absolute Gasteiger partial charge is 0.143 e. The number of benzene rings is 2. The summed E-state index contributed by atoms with van der Waals surface area (Å²) in [5.74, 6) is -0.424. The van der Waals surface area contributed by atoms with Gasteiger partial charge in [-0.15, -0.1) is 0 Å². The van der Waals surface area contributed by atoms with Gasteiger partial charge >= 0.3 is 0 Å². The predicted molar refractivity (Wildman–Crippen MR) is 78.7 cm³/mol. The first-order valence-corrected chi connectivity index (χ1v) is 6.87. The number of hydrogen-bond acceptors (Lipinski definition) is 1. The molecule has 2 aromatic carbocycles. The van der Waals surface area contributed by atoms with Gasteiger partial charge in [-0.1, -0.05) is 41.5 Å². The molecule has 0 aromatic heterocycles. The molecule has 1 nitrogen and oxygen atoms in total. The summed E-state index contributed by atoms with van der Waals surface area (Å²) in [6.07, 6.45) is 0. The zero-order chi connectivity index (χ0) is 14.2. The fourth-order valence-corrected chi connectivity index (χ4v) is 2.66. The van der Waals surface area contributed by atoms with Crippen molar-refractivity contribution >= 4 is 15.9 Å². The van der Waals surface area contributed by atoms with Gasteiger partial charge in [0, 0.05) is 5.56 Å². The standard InChI is InChI=1S/C16H16BrFO/c1-10-7-11(2)9-12(8-10)16(3,19)13-5-4-6-14(17)15(13)18/h4-9,19H,1-3H3. The summed E-state index contributed by atoms with van der Waals surface area (Å²) in [5, 5.41) is 10.8. The Hall–Kier alpha value is -1.19. The van der Waals surface area contributed by atoms with E-state index in [4.69, 9.17) is 0 Å². The van der Waals surface area contributed by atoms with Crippen LogP contribution in [-0.2, 0) is 5.60 Å². The molecule has 0 radical (unpaired) electrons. The molecule has 0 spiro atoms. The molecular formula is C16H16BrFO. The molecule has 2 aromatic rings. The molecular weight excluding hydrogens is 307 g/mol. The maximum atomic E-state index is 14.2. The van der Waals surface area contributed by atoms with E-state index in [1.54, 1.807) is 25.1 Å². The SMILES string of the molecule is Cc1cc(C)cc(C(C)(O)c2cccc(Br)c2F)c1. The van der Waals surface area contributed by atoms with Crippen molar-refractivity contribution in [1.29, 1.82) is 0 Å². The summed E-state index contributed by atoms with van der Waals surface area (Å²) in [5.41, 5.74) is 1.70. The minimum absolute atomic E-state index is 0.270. The molecule has 2 rings (SSSR count). The third kappa shape index (κ3) is 2.72. The van der Waals surface area contributed by atoms with Gasteiger partial charge in [0.2, 0.25) is 0 Å². The first kappa shape index (κ1) is 14.2. The monoisotopic (exact) mass is 322 g/mol. The van der Waals surface area contributed by atoms with Crippen LogP contribution in [0.25, 0.3) is 0 Å². The van der Waals surface area contributed by atoms with Crippen LogP contribution in [0.15, 0.2) is 40.9 Å². The Morgan fingerprint density at radius 3 is 2.26 bits per heavy atom. The van der Waals surface area contributed by atoms with Crippen molar-refractivity contribution in [2.45, 2.75) is 26.4 Å². The van der Waals surface area contributed by atoms with E-state index in [0.717, 1.165) is 11.1 Å². The van der Waals surface area contributed by atoms with Crippen LogP contribution < -0.4 is 0 Å². The molecule has 0 saturated heterocycles. The third-order valence-corrected chi connectivity index (χ3v) is 3.87. The summed E-state index contributed by atoms with van der Waals surface area (Å²) in [4.78, 5) is 0. The highest BCUT2D eigenvalue weighted by Gasteiger charge is 2.29. The van der Waals surface area contributed by atoms with Crippen molar-refractivity contribution in [2.75, 3.05) is 0 Å². The highest BCUT2D eigenvalue weighted by molar-refractivity contribution is 9.10. The largest absolute Gasteiger partial charge is 0.381 e. The minimum Gasteiger partial charge on any atom is -0.381 e. The summed E-state index contributed by atoms with van der Waals surface area (Å²) in [6.45, 7) is 5.54. The van der Waals surface area contributed by atoms with Gasteiger partial charge in [-0.2, -0.15) is 0 Å². The maximum absolute atomic E-state index is 14.2. The maximum Gasteiger partial charge on any atom is 0.143 e. The van der Waals surface area contributed by atoms with Crippen molar-refractivity contribution in [2.24, 2.45) is 0 Å². The van der Waals surface area contributed by atoms with Crippen LogP contribution in [0.1, 0.15) is 29.2 Å².